The van der Waals surface area contributed by atoms with E-state index in [9.17, 15) is 9.59 Å². The lowest BCUT2D eigenvalue weighted by Gasteiger charge is -2.12. The Morgan fingerprint density at radius 3 is 2.52 bits per heavy atom. The van der Waals surface area contributed by atoms with E-state index in [0.29, 0.717) is 29.5 Å². The Labute approximate surface area is 187 Å². The van der Waals surface area contributed by atoms with Crippen molar-refractivity contribution < 1.29 is 19.1 Å². The van der Waals surface area contributed by atoms with E-state index in [-0.39, 0.29) is 18.4 Å². The van der Waals surface area contributed by atoms with Crippen LogP contribution in [0.1, 0.15) is 36.5 Å². The minimum Gasteiger partial charge on any atom is -0.493 e. The average Bonchev–Trinajstić information content (AvgIpc) is 3.15. The molecule has 31 heavy (non-hydrogen) atoms. The summed E-state index contributed by atoms with van der Waals surface area (Å²) in [5.74, 6) is 1.80. The zero-order valence-electron chi connectivity index (χ0n) is 18.7. The Bertz CT molecular complexity index is 885. The molecule has 0 saturated heterocycles. The van der Waals surface area contributed by atoms with Gasteiger partial charge in [0.25, 0.3) is 5.91 Å². The Hall–Kier alpha value is -2.75. The van der Waals surface area contributed by atoms with Gasteiger partial charge in [-0.25, -0.2) is 0 Å². The summed E-state index contributed by atoms with van der Waals surface area (Å²) >= 11 is 1.58. The third kappa shape index (κ3) is 7.16. The molecule has 0 aliphatic carbocycles. The summed E-state index contributed by atoms with van der Waals surface area (Å²) in [6.07, 6.45) is 3.44. The van der Waals surface area contributed by atoms with Crippen molar-refractivity contribution in [2.75, 3.05) is 33.6 Å². The lowest BCUT2D eigenvalue weighted by Crippen LogP contribution is -2.37. The second kappa shape index (κ2) is 12.2. The van der Waals surface area contributed by atoms with Gasteiger partial charge in [-0.1, -0.05) is 25.6 Å². The molecule has 0 unspecified atom stereocenters. The van der Waals surface area contributed by atoms with Gasteiger partial charge in [0, 0.05) is 25.1 Å². The molecule has 170 valence electrons. The molecule has 0 saturated carbocycles. The van der Waals surface area contributed by atoms with Gasteiger partial charge in [-0.05, 0) is 36.8 Å². The van der Waals surface area contributed by atoms with E-state index in [1.165, 1.54) is 14.2 Å². The summed E-state index contributed by atoms with van der Waals surface area (Å²) in [7, 11) is 3.03. The first-order valence-electron chi connectivity index (χ1n) is 10.1. The number of ether oxygens (including phenoxy) is 2. The van der Waals surface area contributed by atoms with Crippen molar-refractivity contribution in [1.82, 2.24) is 25.4 Å². The van der Waals surface area contributed by atoms with E-state index in [0.717, 1.165) is 30.4 Å². The molecule has 2 aromatic rings. The largest absolute Gasteiger partial charge is 0.493 e. The average molecular weight is 450 g/mol. The molecule has 0 aliphatic heterocycles. The Balaban J connectivity index is 1.77. The van der Waals surface area contributed by atoms with Crippen LogP contribution in [0.15, 0.2) is 23.4 Å². The van der Waals surface area contributed by atoms with Crippen molar-refractivity contribution in [2.45, 2.75) is 38.4 Å². The van der Waals surface area contributed by atoms with E-state index < -0.39 is 0 Å². The van der Waals surface area contributed by atoms with E-state index in [1.54, 1.807) is 30.0 Å². The molecule has 1 aromatic carbocycles. The number of rotatable bonds is 12. The van der Waals surface area contributed by atoms with Crippen molar-refractivity contribution in [3.63, 3.8) is 0 Å². The predicted molar refractivity (Wildman–Crippen MR) is 120 cm³/mol. The van der Waals surface area contributed by atoms with Crippen LogP contribution in [0.25, 0.3) is 0 Å². The summed E-state index contributed by atoms with van der Waals surface area (Å²) in [4.78, 5) is 24.4. The van der Waals surface area contributed by atoms with E-state index in [1.807, 2.05) is 6.26 Å². The standard InChI is InChI=1S/C21H31N5O4S/c1-14(2)13-26-18(24-25-21(26)31-5)7-6-10-22-19(27)12-23-20(28)15-8-9-16(29-3)17(11-15)30-4/h8-9,11,14H,6-7,10,12-13H2,1-5H3,(H,22,27)(H,23,28). The zero-order valence-corrected chi connectivity index (χ0v) is 19.5. The molecule has 0 radical (unpaired) electrons. The molecule has 1 heterocycles. The highest BCUT2D eigenvalue weighted by Crippen LogP contribution is 2.27. The van der Waals surface area contributed by atoms with Gasteiger partial charge >= 0.3 is 0 Å². The van der Waals surface area contributed by atoms with E-state index >= 15 is 0 Å². The zero-order chi connectivity index (χ0) is 22.8. The SMILES string of the molecule is COc1ccc(C(=O)NCC(=O)NCCCc2nnc(SC)n2CC(C)C)cc1OC. The minimum absolute atomic E-state index is 0.104. The summed E-state index contributed by atoms with van der Waals surface area (Å²) in [6, 6.07) is 4.83. The molecule has 0 bridgehead atoms. The Morgan fingerprint density at radius 1 is 1.13 bits per heavy atom. The van der Waals surface area contributed by atoms with Crippen LogP contribution in [-0.4, -0.2) is 60.1 Å². The van der Waals surface area contributed by atoms with Crippen LogP contribution in [0, 0.1) is 5.92 Å². The number of aromatic nitrogens is 3. The molecule has 9 nitrogen and oxygen atoms in total. The first-order chi connectivity index (χ1) is 14.9. The van der Waals surface area contributed by atoms with Crippen LogP contribution in [-0.2, 0) is 17.8 Å². The fraction of sp³-hybridized carbons (Fsp3) is 0.524. The van der Waals surface area contributed by atoms with E-state index in [4.69, 9.17) is 9.47 Å². The molecule has 2 amide bonds. The van der Waals surface area contributed by atoms with Crippen molar-refractivity contribution >= 4 is 23.6 Å². The quantitative estimate of drug-likeness (QED) is 0.378. The van der Waals surface area contributed by atoms with Gasteiger partial charge in [-0.15, -0.1) is 10.2 Å². The Kier molecular flexibility index (Phi) is 9.64. The first kappa shape index (κ1) is 24.5. The third-order valence-electron chi connectivity index (χ3n) is 4.48. The molecule has 1 aromatic heterocycles. The van der Waals surface area contributed by atoms with Gasteiger partial charge in [0.15, 0.2) is 16.7 Å². The Morgan fingerprint density at radius 2 is 1.87 bits per heavy atom. The van der Waals surface area contributed by atoms with Crippen molar-refractivity contribution in [2.24, 2.45) is 5.92 Å². The van der Waals surface area contributed by atoms with E-state index in [2.05, 4.69) is 39.2 Å². The molecule has 2 rings (SSSR count). The van der Waals surface area contributed by atoms with Gasteiger partial charge in [0.05, 0.1) is 20.8 Å². The van der Waals surface area contributed by atoms with Gasteiger partial charge in [-0.2, -0.15) is 0 Å². The van der Waals surface area contributed by atoms with Gasteiger partial charge in [0.2, 0.25) is 5.91 Å². The maximum Gasteiger partial charge on any atom is 0.251 e. The summed E-state index contributed by atoms with van der Waals surface area (Å²) in [5, 5.41) is 14.8. The number of nitrogens with one attached hydrogen (secondary N) is 2. The van der Waals surface area contributed by atoms with Crippen molar-refractivity contribution in [3.05, 3.63) is 29.6 Å². The van der Waals surface area contributed by atoms with Gasteiger partial charge in [0.1, 0.15) is 5.82 Å². The highest BCUT2D eigenvalue weighted by atomic mass is 32.2. The van der Waals surface area contributed by atoms with Crippen LogP contribution in [0.4, 0.5) is 0 Å². The summed E-state index contributed by atoms with van der Waals surface area (Å²) in [5.41, 5.74) is 0.388. The van der Waals surface area contributed by atoms with Crippen molar-refractivity contribution in [1.29, 1.82) is 0 Å². The van der Waals surface area contributed by atoms with Crippen LogP contribution in [0.2, 0.25) is 0 Å². The lowest BCUT2D eigenvalue weighted by atomic mass is 10.2. The normalized spacial score (nSPS) is 10.8. The number of benzene rings is 1. The van der Waals surface area contributed by atoms with Crippen LogP contribution in [0.5, 0.6) is 11.5 Å². The summed E-state index contributed by atoms with van der Waals surface area (Å²) in [6.45, 7) is 5.57. The maximum absolute atomic E-state index is 12.3. The van der Waals surface area contributed by atoms with Crippen LogP contribution < -0.4 is 20.1 Å². The van der Waals surface area contributed by atoms with Gasteiger partial charge in [-0.3, -0.25) is 9.59 Å². The number of hydrogen-bond acceptors (Lipinski definition) is 7. The number of thioether (sulfide) groups is 1. The number of aryl methyl sites for hydroxylation is 1. The number of carbonyl (C=O) groups excluding carboxylic acids is 2. The number of carbonyl (C=O) groups is 2. The summed E-state index contributed by atoms with van der Waals surface area (Å²) < 4.78 is 12.5. The molecule has 2 N–H and O–H groups in total. The minimum atomic E-state index is -0.359. The molecule has 0 fully saturated rings. The number of amides is 2. The van der Waals surface area contributed by atoms with Crippen LogP contribution in [0.3, 0.4) is 0 Å². The molecule has 0 atom stereocenters. The number of methoxy groups -OCH3 is 2. The highest BCUT2D eigenvalue weighted by molar-refractivity contribution is 7.98. The second-order valence-corrected chi connectivity index (χ2v) is 8.09. The molecular weight excluding hydrogens is 418 g/mol. The van der Waals surface area contributed by atoms with Crippen molar-refractivity contribution in [3.8, 4) is 11.5 Å². The molecular formula is C21H31N5O4S. The maximum atomic E-state index is 12.3. The highest BCUT2D eigenvalue weighted by Gasteiger charge is 2.14. The lowest BCUT2D eigenvalue weighted by molar-refractivity contribution is -0.120. The fourth-order valence-electron chi connectivity index (χ4n) is 2.98. The molecule has 10 heteroatoms. The smallest absolute Gasteiger partial charge is 0.251 e. The third-order valence-corrected chi connectivity index (χ3v) is 5.15. The van der Waals surface area contributed by atoms with Crippen LogP contribution >= 0.6 is 11.8 Å². The topological polar surface area (TPSA) is 107 Å². The van der Waals surface area contributed by atoms with Gasteiger partial charge < -0.3 is 24.7 Å². The first-order valence-corrected chi connectivity index (χ1v) is 11.3. The monoisotopic (exact) mass is 449 g/mol. The number of hydrogen-bond donors (Lipinski definition) is 2. The number of nitrogens with zero attached hydrogens (tertiary/aromatic N) is 3. The molecule has 0 spiro atoms. The fourth-order valence-corrected chi connectivity index (χ4v) is 3.50. The predicted octanol–water partition coefficient (Wildman–Crippen LogP) is 2.15. The molecule has 0 aliphatic rings. The second-order valence-electron chi connectivity index (χ2n) is 7.31.